The first kappa shape index (κ1) is 12.2. The summed E-state index contributed by atoms with van der Waals surface area (Å²) in [7, 11) is 0. The van der Waals surface area contributed by atoms with Crippen molar-refractivity contribution >= 4 is 5.69 Å². The van der Waals surface area contributed by atoms with Gasteiger partial charge in [0.25, 0.3) is 5.56 Å². The van der Waals surface area contributed by atoms with Crippen LogP contribution in [0.5, 0.6) is 0 Å². The van der Waals surface area contributed by atoms with Crippen LogP contribution in [0.2, 0.25) is 0 Å². The van der Waals surface area contributed by atoms with E-state index in [0.29, 0.717) is 11.6 Å². The lowest BCUT2D eigenvalue weighted by atomic mass is 10.1. The average Bonchev–Trinajstić information content (AvgIpc) is 2.81. The molecule has 0 bridgehead atoms. The van der Waals surface area contributed by atoms with E-state index < -0.39 is 0 Å². The third-order valence-electron chi connectivity index (χ3n) is 3.98. The van der Waals surface area contributed by atoms with E-state index in [1.165, 1.54) is 12.8 Å². The van der Waals surface area contributed by atoms with Gasteiger partial charge in [0, 0.05) is 23.8 Å². The Labute approximate surface area is 102 Å². The zero-order valence-electron chi connectivity index (χ0n) is 10.6. The van der Waals surface area contributed by atoms with Gasteiger partial charge < -0.3 is 16.0 Å². The van der Waals surface area contributed by atoms with E-state index in [1.807, 2.05) is 18.4 Å². The maximum Gasteiger partial charge on any atom is 0.255 e. The van der Waals surface area contributed by atoms with Crippen molar-refractivity contribution in [2.45, 2.75) is 52.1 Å². The molecule has 0 radical (unpaired) electrons. The van der Waals surface area contributed by atoms with Crippen LogP contribution in [0, 0.1) is 13.8 Å². The van der Waals surface area contributed by atoms with Crippen LogP contribution in [0.15, 0.2) is 4.79 Å². The van der Waals surface area contributed by atoms with E-state index >= 15 is 0 Å². The van der Waals surface area contributed by atoms with Crippen LogP contribution in [-0.2, 0) is 6.54 Å². The highest BCUT2D eigenvalue weighted by Crippen LogP contribution is 2.31. The number of nitrogen functional groups attached to an aromatic ring is 1. The molecule has 1 heterocycles. The van der Waals surface area contributed by atoms with Gasteiger partial charge in [-0.2, -0.15) is 0 Å². The Morgan fingerprint density at radius 3 is 2.41 bits per heavy atom. The molecule has 1 aliphatic carbocycles. The van der Waals surface area contributed by atoms with E-state index in [4.69, 9.17) is 11.5 Å². The second-order valence-corrected chi connectivity index (χ2v) is 4.92. The highest BCUT2D eigenvalue weighted by atomic mass is 16.1. The molecule has 0 saturated heterocycles. The summed E-state index contributed by atoms with van der Waals surface area (Å²) >= 11 is 0. The standard InChI is InChI=1S/C13H21N3O/c1-8-11(7-14)13(17)16(9(2)12(8)15)10-5-3-4-6-10/h10H,3-7,14-15H2,1-2H3. The van der Waals surface area contributed by atoms with Crippen molar-refractivity contribution in [3.63, 3.8) is 0 Å². The zero-order chi connectivity index (χ0) is 12.6. The molecule has 0 aliphatic heterocycles. The molecule has 0 amide bonds. The lowest BCUT2D eigenvalue weighted by Crippen LogP contribution is -2.31. The van der Waals surface area contributed by atoms with Crippen LogP contribution >= 0.6 is 0 Å². The summed E-state index contributed by atoms with van der Waals surface area (Å²) < 4.78 is 1.87. The molecular weight excluding hydrogens is 214 g/mol. The maximum atomic E-state index is 12.4. The minimum absolute atomic E-state index is 0.0589. The van der Waals surface area contributed by atoms with Crippen LogP contribution in [0.1, 0.15) is 48.5 Å². The second-order valence-electron chi connectivity index (χ2n) is 4.92. The highest BCUT2D eigenvalue weighted by molar-refractivity contribution is 5.53. The molecule has 17 heavy (non-hydrogen) atoms. The van der Waals surface area contributed by atoms with Gasteiger partial charge >= 0.3 is 0 Å². The van der Waals surface area contributed by atoms with Gasteiger partial charge in [-0.1, -0.05) is 12.8 Å². The minimum Gasteiger partial charge on any atom is -0.397 e. The molecule has 0 unspecified atom stereocenters. The molecule has 94 valence electrons. The number of nitrogens with zero attached hydrogens (tertiary/aromatic N) is 1. The monoisotopic (exact) mass is 235 g/mol. The van der Waals surface area contributed by atoms with Gasteiger partial charge in [-0.25, -0.2) is 0 Å². The number of pyridine rings is 1. The predicted octanol–water partition coefficient (Wildman–Crippen LogP) is 1.62. The predicted molar refractivity (Wildman–Crippen MR) is 70.0 cm³/mol. The maximum absolute atomic E-state index is 12.4. The Bertz CT molecular complexity index is 484. The van der Waals surface area contributed by atoms with Crippen molar-refractivity contribution in [2.75, 3.05) is 5.73 Å². The van der Waals surface area contributed by atoms with Gasteiger partial charge in [0.2, 0.25) is 0 Å². The quantitative estimate of drug-likeness (QED) is 0.818. The third kappa shape index (κ3) is 1.86. The molecule has 1 aromatic heterocycles. The van der Waals surface area contributed by atoms with Crippen molar-refractivity contribution in [3.8, 4) is 0 Å². The van der Waals surface area contributed by atoms with Gasteiger partial charge in [-0.05, 0) is 32.3 Å². The summed E-state index contributed by atoms with van der Waals surface area (Å²) in [6.07, 6.45) is 4.55. The van der Waals surface area contributed by atoms with Crippen LogP contribution < -0.4 is 17.0 Å². The highest BCUT2D eigenvalue weighted by Gasteiger charge is 2.23. The average molecular weight is 235 g/mol. The first-order chi connectivity index (χ1) is 8.07. The molecule has 2 rings (SSSR count). The molecule has 4 N–H and O–H groups in total. The van der Waals surface area contributed by atoms with E-state index in [9.17, 15) is 4.79 Å². The Kier molecular flexibility index (Phi) is 3.24. The summed E-state index contributed by atoms with van der Waals surface area (Å²) in [6, 6.07) is 0.315. The number of hydrogen-bond donors (Lipinski definition) is 2. The molecule has 0 aromatic carbocycles. The van der Waals surface area contributed by atoms with E-state index in [1.54, 1.807) is 0 Å². The van der Waals surface area contributed by atoms with Crippen LogP contribution in [-0.4, -0.2) is 4.57 Å². The molecule has 1 saturated carbocycles. The summed E-state index contributed by atoms with van der Waals surface area (Å²) in [5, 5.41) is 0. The van der Waals surface area contributed by atoms with Crippen molar-refractivity contribution in [1.82, 2.24) is 4.57 Å². The molecule has 0 spiro atoms. The summed E-state index contributed by atoms with van der Waals surface area (Å²) in [5.41, 5.74) is 14.9. The van der Waals surface area contributed by atoms with Gasteiger partial charge in [0.05, 0.1) is 5.69 Å². The molecule has 1 aliphatic rings. The Morgan fingerprint density at radius 1 is 1.29 bits per heavy atom. The normalized spacial score (nSPS) is 16.6. The van der Waals surface area contributed by atoms with Gasteiger partial charge in [-0.3, -0.25) is 4.79 Å². The zero-order valence-corrected chi connectivity index (χ0v) is 10.6. The van der Waals surface area contributed by atoms with Crippen molar-refractivity contribution in [2.24, 2.45) is 5.73 Å². The molecule has 0 atom stereocenters. The van der Waals surface area contributed by atoms with Crippen LogP contribution in [0.4, 0.5) is 5.69 Å². The Morgan fingerprint density at radius 2 is 1.88 bits per heavy atom. The Hall–Kier alpha value is -1.29. The van der Waals surface area contributed by atoms with Gasteiger partial charge in [0.1, 0.15) is 0 Å². The van der Waals surface area contributed by atoms with E-state index in [2.05, 4.69) is 0 Å². The molecule has 1 fully saturated rings. The topological polar surface area (TPSA) is 74.0 Å². The lowest BCUT2D eigenvalue weighted by molar-refractivity contribution is 0.488. The fourth-order valence-corrected chi connectivity index (χ4v) is 2.86. The number of anilines is 1. The number of nitrogens with two attached hydrogens (primary N) is 2. The minimum atomic E-state index is 0.0589. The smallest absolute Gasteiger partial charge is 0.255 e. The number of aromatic nitrogens is 1. The summed E-state index contributed by atoms with van der Waals surface area (Å²) in [6.45, 7) is 4.08. The number of rotatable bonds is 2. The fourth-order valence-electron chi connectivity index (χ4n) is 2.86. The fraction of sp³-hybridized carbons (Fsp3) is 0.615. The van der Waals surface area contributed by atoms with Crippen molar-refractivity contribution in [3.05, 3.63) is 27.2 Å². The van der Waals surface area contributed by atoms with E-state index in [0.717, 1.165) is 29.8 Å². The molecule has 4 heteroatoms. The van der Waals surface area contributed by atoms with Crippen LogP contribution in [0.25, 0.3) is 0 Å². The summed E-state index contributed by atoms with van der Waals surface area (Å²) in [4.78, 5) is 12.4. The molecular formula is C13H21N3O. The van der Waals surface area contributed by atoms with Crippen molar-refractivity contribution in [1.29, 1.82) is 0 Å². The lowest BCUT2D eigenvalue weighted by Gasteiger charge is -2.21. The van der Waals surface area contributed by atoms with Gasteiger partial charge in [-0.15, -0.1) is 0 Å². The van der Waals surface area contributed by atoms with Crippen LogP contribution in [0.3, 0.4) is 0 Å². The SMILES string of the molecule is Cc1c(N)c(C)n(C2CCCC2)c(=O)c1CN. The summed E-state index contributed by atoms with van der Waals surface area (Å²) in [5.74, 6) is 0. The van der Waals surface area contributed by atoms with Crippen molar-refractivity contribution < 1.29 is 0 Å². The van der Waals surface area contributed by atoms with Gasteiger partial charge in [0.15, 0.2) is 0 Å². The molecule has 1 aromatic rings. The molecule has 4 nitrogen and oxygen atoms in total. The van der Waals surface area contributed by atoms with E-state index in [-0.39, 0.29) is 12.1 Å². The Balaban J connectivity index is 2.65. The first-order valence-electron chi connectivity index (χ1n) is 6.28. The first-order valence-corrected chi connectivity index (χ1v) is 6.28. The number of hydrogen-bond acceptors (Lipinski definition) is 3. The second kappa shape index (κ2) is 4.53. The largest absolute Gasteiger partial charge is 0.397 e. The third-order valence-corrected chi connectivity index (χ3v) is 3.98.